The van der Waals surface area contributed by atoms with E-state index in [4.69, 9.17) is 0 Å². The van der Waals surface area contributed by atoms with Crippen LogP contribution in [0.1, 0.15) is 88.2 Å². The summed E-state index contributed by atoms with van der Waals surface area (Å²) in [4.78, 5) is 0. The molecule has 0 aromatic heterocycles. The van der Waals surface area contributed by atoms with Crippen molar-refractivity contribution in [2.45, 2.75) is 83.2 Å². The smallest absolute Gasteiger partial charge is 0.206 e. The van der Waals surface area contributed by atoms with E-state index in [1.807, 2.05) is 0 Å². The van der Waals surface area contributed by atoms with Gasteiger partial charge in [0.1, 0.15) is 5.82 Å². The van der Waals surface area contributed by atoms with Crippen molar-refractivity contribution in [2.75, 3.05) is 0 Å². The molecule has 1 aromatic rings. The molecule has 1 aromatic carbocycles. The maximum Gasteiger partial charge on any atom is 0.419 e. The van der Waals surface area contributed by atoms with Crippen molar-refractivity contribution in [1.82, 2.24) is 0 Å². The van der Waals surface area contributed by atoms with Crippen LogP contribution in [0.3, 0.4) is 0 Å². The van der Waals surface area contributed by atoms with E-state index >= 15 is 0 Å². The lowest BCUT2D eigenvalue weighted by molar-refractivity contribution is -0.140. The van der Waals surface area contributed by atoms with Crippen molar-refractivity contribution in [3.63, 3.8) is 0 Å². The standard InChI is InChI=1S/C26H34F4/c1-2-3-17-4-5-22-15-21(11-10-20(22)14-17)18-6-8-19(9-7-18)23-12-13-24(25(27)16-23)26(28,29)30/h2-3,12-13,16-22H,4-11,14-15H2,1H3/b3-2+. The number of fused-ring (bicyclic) bond motifs is 1. The molecule has 0 aliphatic heterocycles. The van der Waals surface area contributed by atoms with Gasteiger partial charge in [0, 0.05) is 0 Å². The molecule has 4 unspecified atom stereocenters. The van der Waals surface area contributed by atoms with Crippen LogP contribution in [0.25, 0.3) is 0 Å². The highest BCUT2D eigenvalue weighted by atomic mass is 19.4. The zero-order valence-corrected chi connectivity index (χ0v) is 17.9. The molecule has 0 amide bonds. The van der Waals surface area contributed by atoms with Crippen LogP contribution < -0.4 is 0 Å². The maximum absolute atomic E-state index is 14.0. The summed E-state index contributed by atoms with van der Waals surface area (Å²) in [6.45, 7) is 2.12. The molecule has 4 heteroatoms. The van der Waals surface area contributed by atoms with Crippen LogP contribution in [-0.4, -0.2) is 0 Å². The summed E-state index contributed by atoms with van der Waals surface area (Å²) in [5.74, 6) is 3.21. The predicted molar refractivity (Wildman–Crippen MR) is 113 cm³/mol. The molecular weight excluding hydrogens is 388 g/mol. The van der Waals surface area contributed by atoms with E-state index in [-0.39, 0.29) is 5.92 Å². The summed E-state index contributed by atoms with van der Waals surface area (Å²) in [5, 5.41) is 0. The number of allylic oxidation sites excluding steroid dienone is 2. The normalized spacial score (nSPS) is 35.4. The molecule has 3 fully saturated rings. The lowest BCUT2D eigenvalue weighted by atomic mass is 9.61. The first kappa shape index (κ1) is 21.9. The fourth-order valence-corrected chi connectivity index (χ4v) is 6.78. The zero-order chi connectivity index (χ0) is 21.3. The van der Waals surface area contributed by atoms with Crippen molar-refractivity contribution in [3.8, 4) is 0 Å². The van der Waals surface area contributed by atoms with E-state index in [1.165, 1.54) is 44.6 Å². The largest absolute Gasteiger partial charge is 0.419 e. The summed E-state index contributed by atoms with van der Waals surface area (Å²) in [6, 6.07) is 3.54. The third kappa shape index (κ3) is 4.78. The quantitative estimate of drug-likeness (QED) is 0.338. The van der Waals surface area contributed by atoms with Gasteiger partial charge < -0.3 is 0 Å². The van der Waals surface area contributed by atoms with Gasteiger partial charge in [-0.25, -0.2) is 4.39 Å². The Labute approximate surface area is 178 Å². The van der Waals surface area contributed by atoms with Crippen LogP contribution in [0.5, 0.6) is 0 Å². The molecule has 0 heterocycles. The molecule has 4 atom stereocenters. The zero-order valence-electron chi connectivity index (χ0n) is 17.9. The predicted octanol–water partition coefficient (Wildman–Crippen LogP) is 8.53. The van der Waals surface area contributed by atoms with Crippen molar-refractivity contribution in [1.29, 1.82) is 0 Å². The molecule has 166 valence electrons. The third-order valence-corrected chi connectivity index (χ3v) is 8.37. The fourth-order valence-electron chi connectivity index (χ4n) is 6.78. The number of rotatable bonds is 3. The third-order valence-electron chi connectivity index (χ3n) is 8.37. The second-order valence-corrected chi connectivity index (χ2v) is 10.0. The molecule has 0 saturated heterocycles. The van der Waals surface area contributed by atoms with Gasteiger partial charge in [-0.05, 0) is 124 Å². The van der Waals surface area contributed by atoms with Crippen LogP contribution in [0.4, 0.5) is 17.6 Å². The first-order valence-corrected chi connectivity index (χ1v) is 11.8. The molecule has 0 N–H and O–H groups in total. The Kier molecular flexibility index (Phi) is 6.60. The van der Waals surface area contributed by atoms with E-state index in [2.05, 4.69) is 19.1 Å². The topological polar surface area (TPSA) is 0 Å². The molecule has 0 spiro atoms. The molecule has 0 bridgehead atoms. The molecule has 0 radical (unpaired) electrons. The van der Waals surface area contributed by atoms with Gasteiger partial charge >= 0.3 is 6.18 Å². The van der Waals surface area contributed by atoms with E-state index in [0.717, 1.165) is 73.0 Å². The Morgan fingerprint density at radius 2 is 1.40 bits per heavy atom. The van der Waals surface area contributed by atoms with Gasteiger partial charge in [-0.15, -0.1) is 0 Å². The van der Waals surface area contributed by atoms with Gasteiger partial charge in [-0.2, -0.15) is 13.2 Å². The summed E-state index contributed by atoms with van der Waals surface area (Å²) in [6.07, 6.45) is 12.4. The minimum Gasteiger partial charge on any atom is -0.206 e. The fraction of sp³-hybridized carbons (Fsp3) is 0.692. The second-order valence-electron chi connectivity index (χ2n) is 10.0. The van der Waals surface area contributed by atoms with Gasteiger partial charge in [0.15, 0.2) is 0 Å². The summed E-state index contributed by atoms with van der Waals surface area (Å²) < 4.78 is 52.4. The summed E-state index contributed by atoms with van der Waals surface area (Å²) in [7, 11) is 0. The van der Waals surface area contributed by atoms with Crippen molar-refractivity contribution < 1.29 is 17.6 Å². The van der Waals surface area contributed by atoms with Gasteiger partial charge in [0.2, 0.25) is 0 Å². The van der Waals surface area contributed by atoms with Crippen LogP contribution in [0.15, 0.2) is 30.4 Å². The SMILES string of the molecule is C/C=C/C1CCC2CC(C3CCC(c4ccc(C(F)(F)F)c(F)c4)CC3)CCC2C1. The number of halogens is 4. The van der Waals surface area contributed by atoms with Crippen LogP contribution in [-0.2, 0) is 6.18 Å². The Morgan fingerprint density at radius 3 is 2.03 bits per heavy atom. The molecule has 4 rings (SSSR count). The monoisotopic (exact) mass is 422 g/mol. The van der Waals surface area contributed by atoms with Crippen LogP contribution in [0, 0.1) is 35.4 Å². The van der Waals surface area contributed by atoms with E-state index in [9.17, 15) is 17.6 Å². The summed E-state index contributed by atoms with van der Waals surface area (Å²) in [5.41, 5.74) is -0.411. The number of benzene rings is 1. The lowest BCUT2D eigenvalue weighted by Crippen LogP contribution is -2.34. The average Bonchev–Trinajstić information content (AvgIpc) is 2.73. The molecular formula is C26H34F4. The van der Waals surface area contributed by atoms with Crippen molar-refractivity contribution in [3.05, 3.63) is 47.3 Å². The molecule has 3 aliphatic rings. The van der Waals surface area contributed by atoms with Crippen molar-refractivity contribution in [2.24, 2.45) is 29.6 Å². The first-order valence-electron chi connectivity index (χ1n) is 11.8. The molecule has 30 heavy (non-hydrogen) atoms. The highest BCUT2D eigenvalue weighted by molar-refractivity contribution is 5.29. The van der Waals surface area contributed by atoms with Gasteiger partial charge in [0.25, 0.3) is 0 Å². The number of alkyl halides is 3. The van der Waals surface area contributed by atoms with E-state index in [0.29, 0.717) is 0 Å². The lowest BCUT2D eigenvalue weighted by Gasteiger charge is -2.45. The maximum atomic E-state index is 14.0. The summed E-state index contributed by atoms with van der Waals surface area (Å²) >= 11 is 0. The molecule has 0 nitrogen and oxygen atoms in total. The minimum absolute atomic E-state index is 0.200. The molecule has 3 aliphatic carbocycles. The van der Waals surface area contributed by atoms with Gasteiger partial charge in [-0.1, -0.05) is 18.2 Å². The molecule has 3 saturated carbocycles. The Balaban J connectivity index is 1.31. The van der Waals surface area contributed by atoms with Gasteiger partial charge in [-0.3, -0.25) is 0 Å². The van der Waals surface area contributed by atoms with E-state index < -0.39 is 17.6 Å². The van der Waals surface area contributed by atoms with Crippen molar-refractivity contribution >= 4 is 0 Å². The Morgan fingerprint density at radius 1 is 0.800 bits per heavy atom. The average molecular weight is 423 g/mol. The number of hydrogen-bond donors (Lipinski definition) is 0. The first-order chi connectivity index (χ1) is 14.3. The second kappa shape index (κ2) is 9.04. The van der Waals surface area contributed by atoms with E-state index in [1.54, 1.807) is 0 Å². The highest BCUT2D eigenvalue weighted by Crippen LogP contribution is 2.50. The van der Waals surface area contributed by atoms with Gasteiger partial charge in [0.05, 0.1) is 5.56 Å². The Bertz CT molecular complexity index is 742. The Hall–Kier alpha value is -1.32. The van der Waals surface area contributed by atoms with Crippen LogP contribution >= 0.6 is 0 Å². The highest BCUT2D eigenvalue weighted by Gasteiger charge is 2.39. The number of hydrogen-bond acceptors (Lipinski definition) is 0. The minimum atomic E-state index is -4.62. The van der Waals surface area contributed by atoms with Crippen LogP contribution in [0.2, 0.25) is 0 Å².